The summed E-state index contributed by atoms with van der Waals surface area (Å²) >= 11 is 7.63. The minimum Gasteiger partial charge on any atom is -0.309 e. The van der Waals surface area contributed by atoms with Gasteiger partial charge in [0.05, 0.1) is 4.34 Å². The van der Waals surface area contributed by atoms with E-state index in [0.29, 0.717) is 0 Å². The van der Waals surface area contributed by atoms with Gasteiger partial charge in [-0.05, 0) is 49.7 Å². The Morgan fingerprint density at radius 3 is 2.65 bits per heavy atom. The minimum absolute atomic E-state index is 0.721. The van der Waals surface area contributed by atoms with Gasteiger partial charge in [-0.25, -0.2) is 0 Å². The summed E-state index contributed by atoms with van der Waals surface area (Å²) in [5, 5.41) is 3.72. The van der Waals surface area contributed by atoms with Gasteiger partial charge >= 0.3 is 0 Å². The van der Waals surface area contributed by atoms with E-state index in [4.69, 9.17) is 11.6 Å². The number of nitrogens with one attached hydrogen (secondary N) is 1. The van der Waals surface area contributed by atoms with Gasteiger partial charge in [0.15, 0.2) is 0 Å². The van der Waals surface area contributed by atoms with Crippen molar-refractivity contribution in [3.63, 3.8) is 0 Å². The maximum absolute atomic E-state index is 5.94. The van der Waals surface area contributed by atoms with Crippen molar-refractivity contribution in [2.24, 2.45) is 11.8 Å². The van der Waals surface area contributed by atoms with Crippen LogP contribution in [-0.4, -0.2) is 6.04 Å². The van der Waals surface area contributed by atoms with Crippen LogP contribution in [0.1, 0.15) is 44.4 Å². The highest BCUT2D eigenvalue weighted by Gasteiger charge is 2.30. The molecule has 1 aromatic rings. The van der Waals surface area contributed by atoms with E-state index in [1.54, 1.807) is 11.3 Å². The molecule has 0 spiro atoms. The summed E-state index contributed by atoms with van der Waals surface area (Å²) in [6, 6.07) is 4.84. The van der Waals surface area contributed by atoms with E-state index in [1.807, 2.05) is 6.07 Å². The van der Waals surface area contributed by atoms with Crippen LogP contribution in [0, 0.1) is 11.8 Å². The lowest BCUT2D eigenvalue weighted by atomic mass is 10.0. The van der Waals surface area contributed by atoms with Crippen LogP contribution < -0.4 is 5.32 Å². The van der Waals surface area contributed by atoms with Gasteiger partial charge in [-0.1, -0.05) is 25.4 Å². The van der Waals surface area contributed by atoms with Gasteiger partial charge in [0.25, 0.3) is 0 Å². The smallest absolute Gasteiger partial charge is 0.0931 e. The molecule has 1 unspecified atom stereocenters. The minimum atomic E-state index is 0.721. The third kappa shape index (κ3) is 4.61. The van der Waals surface area contributed by atoms with Crippen molar-refractivity contribution in [3.05, 3.63) is 21.3 Å². The Balaban J connectivity index is 1.77. The van der Waals surface area contributed by atoms with Crippen LogP contribution in [0.25, 0.3) is 0 Å². The lowest BCUT2D eigenvalue weighted by Gasteiger charge is -2.18. The second-order valence-electron chi connectivity index (χ2n) is 5.50. The molecule has 0 saturated heterocycles. The number of rotatable bonds is 7. The van der Waals surface area contributed by atoms with Crippen molar-refractivity contribution in [1.29, 1.82) is 0 Å². The van der Waals surface area contributed by atoms with Gasteiger partial charge in [-0.15, -0.1) is 11.3 Å². The zero-order chi connectivity index (χ0) is 12.3. The molecule has 1 aliphatic carbocycles. The first-order valence-electron chi connectivity index (χ1n) is 6.62. The molecule has 1 heterocycles. The second kappa shape index (κ2) is 6.21. The Hall–Kier alpha value is -0.0500. The van der Waals surface area contributed by atoms with Crippen molar-refractivity contribution >= 4 is 22.9 Å². The Bertz CT molecular complexity index is 344. The molecule has 1 atom stereocenters. The van der Waals surface area contributed by atoms with E-state index in [-0.39, 0.29) is 0 Å². The second-order valence-corrected chi connectivity index (χ2v) is 7.30. The maximum atomic E-state index is 5.94. The average molecular weight is 272 g/mol. The highest BCUT2D eigenvalue weighted by atomic mass is 35.5. The lowest BCUT2D eigenvalue weighted by Crippen LogP contribution is -2.30. The predicted molar refractivity (Wildman–Crippen MR) is 76.8 cm³/mol. The van der Waals surface area contributed by atoms with Gasteiger partial charge < -0.3 is 5.32 Å². The van der Waals surface area contributed by atoms with Crippen LogP contribution in [-0.2, 0) is 6.54 Å². The maximum Gasteiger partial charge on any atom is 0.0931 e. The van der Waals surface area contributed by atoms with Gasteiger partial charge in [0.1, 0.15) is 0 Å². The molecule has 1 aliphatic rings. The molecule has 0 amide bonds. The number of hydrogen-bond acceptors (Lipinski definition) is 2. The van der Waals surface area contributed by atoms with Crippen LogP contribution in [0.4, 0.5) is 0 Å². The standard InChI is InChI=1S/C14H22ClNS/c1-10(2)3-7-13(11-4-5-11)16-9-12-6-8-14(15)17-12/h6,8,10-11,13,16H,3-5,7,9H2,1-2H3. The SMILES string of the molecule is CC(C)CCC(NCc1ccc(Cl)s1)C1CC1. The number of hydrogen-bond donors (Lipinski definition) is 1. The van der Waals surface area contributed by atoms with Crippen LogP contribution >= 0.6 is 22.9 Å². The highest BCUT2D eigenvalue weighted by molar-refractivity contribution is 7.16. The summed E-state index contributed by atoms with van der Waals surface area (Å²) in [4.78, 5) is 1.35. The van der Waals surface area contributed by atoms with E-state index in [0.717, 1.165) is 28.8 Å². The van der Waals surface area contributed by atoms with Crippen molar-refractivity contribution in [1.82, 2.24) is 5.32 Å². The molecule has 2 rings (SSSR count). The van der Waals surface area contributed by atoms with Crippen molar-refractivity contribution in [2.75, 3.05) is 0 Å². The van der Waals surface area contributed by atoms with Gasteiger partial charge in [-0.2, -0.15) is 0 Å². The van der Waals surface area contributed by atoms with Crippen LogP contribution in [0.2, 0.25) is 4.34 Å². The molecular weight excluding hydrogens is 250 g/mol. The summed E-state index contributed by atoms with van der Waals surface area (Å²) in [6.07, 6.45) is 5.49. The molecule has 17 heavy (non-hydrogen) atoms. The van der Waals surface area contributed by atoms with E-state index in [2.05, 4.69) is 25.2 Å². The summed E-state index contributed by atoms with van der Waals surface area (Å²) in [5.74, 6) is 1.75. The zero-order valence-corrected chi connectivity index (χ0v) is 12.3. The third-order valence-corrected chi connectivity index (χ3v) is 4.64. The van der Waals surface area contributed by atoms with Crippen molar-refractivity contribution in [2.45, 2.75) is 52.1 Å². The zero-order valence-electron chi connectivity index (χ0n) is 10.7. The van der Waals surface area contributed by atoms with Gasteiger partial charge in [0.2, 0.25) is 0 Å². The molecule has 96 valence electrons. The molecule has 0 bridgehead atoms. The monoisotopic (exact) mass is 271 g/mol. The number of thiophene rings is 1. The van der Waals surface area contributed by atoms with Crippen LogP contribution in [0.15, 0.2) is 12.1 Å². The molecule has 1 saturated carbocycles. The molecule has 0 aromatic carbocycles. The third-order valence-electron chi connectivity index (χ3n) is 3.41. The molecule has 1 fully saturated rings. The van der Waals surface area contributed by atoms with E-state index in [9.17, 15) is 0 Å². The molecule has 0 radical (unpaired) electrons. The van der Waals surface area contributed by atoms with E-state index in [1.165, 1.54) is 30.6 Å². The number of halogens is 1. The summed E-state index contributed by atoms with van der Waals surface area (Å²) in [7, 11) is 0. The molecule has 0 aliphatic heterocycles. The normalized spacial score (nSPS) is 17.6. The van der Waals surface area contributed by atoms with Crippen LogP contribution in [0.5, 0.6) is 0 Å². The largest absolute Gasteiger partial charge is 0.309 e. The van der Waals surface area contributed by atoms with Crippen LogP contribution in [0.3, 0.4) is 0 Å². The first kappa shape index (κ1) is 13.4. The van der Waals surface area contributed by atoms with E-state index >= 15 is 0 Å². The Morgan fingerprint density at radius 2 is 2.12 bits per heavy atom. The fraction of sp³-hybridized carbons (Fsp3) is 0.714. The quantitative estimate of drug-likeness (QED) is 0.758. The Labute approximate surface area is 114 Å². The topological polar surface area (TPSA) is 12.0 Å². The highest BCUT2D eigenvalue weighted by Crippen LogP contribution is 2.35. The molecule has 3 heteroatoms. The summed E-state index contributed by atoms with van der Waals surface area (Å²) in [6.45, 7) is 5.60. The molecular formula is C14H22ClNS. The molecule has 1 N–H and O–H groups in total. The van der Waals surface area contributed by atoms with Crippen molar-refractivity contribution in [3.8, 4) is 0 Å². The average Bonchev–Trinajstić information content (AvgIpc) is 3.02. The molecule has 1 aromatic heterocycles. The Morgan fingerprint density at radius 1 is 1.35 bits per heavy atom. The van der Waals surface area contributed by atoms with E-state index < -0.39 is 0 Å². The fourth-order valence-electron chi connectivity index (χ4n) is 2.19. The first-order valence-corrected chi connectivity index (χ1v) is 7.82. The fourth-order valence-corrected chi connectivity index (χ4v) is 3.23. The van der Waals surface area contributed by atoms with Gasteiger partial charge in [-0.3, -0.25) is 0 Å². The molecule has 1 nitrogen and oxygen atoms in total. The van der Waals surface area contributed by atoms with Gasteiger partial charge in [0, 0.05) is 17.5 Å². The Kier molecular flexibility index (Phi) is 4.89. The summed E-state index contributed by atoms with van der Waals surface area (Å²) < 4.78 is 0.895. The van der Waals surface area contributed by atoms with Crippen molar-refractivity contribution < 1.29 is 0 Å². The first-order chi connectivity index (χ1) is 8.15. The lowest BCUT2D eigenvalue weighted by molar-refractivity contribution is 0.395. The predicted octanol–water partition coefficient (Wildman–Crippen LogP) is 4.71. The summed E-state index contributed by atoms with van der Waals surface area (Å²) in [5.41, 5.74) is 0.